The lowest BCUT2D eigenvalue weighted by atomic mass is 10.1. The van der Waals surface area contributed by atoms with Gasteiger partial charge in [0.1, 0.15) is 11.5 Å². The van der Waals surface area contributed by atoms with E-state index in [0.29, 0.717) is 19.5 Å². The van der Waals surface area contributed by atoms with Crippen molar-refractivity contribution in [3.05, 3.63) is 53.6 Å². The summed E-state index contributed by atoms with van der Waals surface area (Å²) >= 11 is 0. The van der Waals surface area contributed by atoms with Gasteiger partial charge in [-0.2, -0.15) is 0 Å². The van der Waals surface area contributed by atoms with Crippen molar-refractivity contribution in [3.63, 3.8) is 0 Å². The molecule has 150 valence electrons. The SMILES string of the molecule is CC[C@@H](Oc1ccc(C)c(C)c1)C(=O)N1CCN(c2ccc(OC)cc2)CC1. The van der Waals surface area contributed by atoms with Crippen molar-refractivity contribution in [3.8, 4) is 11.5 Å². The number of hydrogen-bond acceptors (Lipinski definition) is 4. The van der Waals surface area contributed by atoms with E-state index in [1.54, 1.807) is 7.11 Å². The van der Waals surface area contributed by atoms with E-state index in [0.717, 1.165) is 30.3 Å². The highest BCUT2D eigenvalue weighted by atomic mass is 16.5. The number of amides is 1. The molecule has 3 rings (SSSR count). The van der Waals surface area contributed by atoms with Gasteiger partial charge in [-0.15, -0.1) is 0 Å². The van der Waals surface area contributed by atoms with Gasteiger partial charge in [-0.05, 0) is 67.8 Å². The molecule has 1 atom stereocenters. The summed E-state index contributed by atoms with van der Waals surface area (Å²) in [7, 11) is 1.67. The maximum atomic E-state index is 13.0. The summed E-state index contributed by atoms with van der Waals surface area (Å²) in [4.78, 5) is 17.2. The van der Waals surface area contributed by atoms with Crippen molar-refractivity contribution in [1.82, 2.24) is 4.90 Å². The maximum absolute atomic E-state index is 13.0. The average Bonchev–Trinajstić information content (AvgIpc) is 2.74. The molecule has 2 aromatic rings. The van der Waals surface area contributed by atoms with E-state index in [2.05, 4.69) is 30.9 Å². The predicted molar refractivity (Wildman–Crippen MR) is 112 cm³/mol. The fourth-order valence-corrected chi connectivity index (χ4v) is 3.44. The molecule has 1 amide bonds. The third kappa shape index (κ3) is 4.58. The molecule has 0 aliphatic carbocycles. The van der Waals surface area contributed by atoms with Gasteiger partial charge >= 0.3 is 0 Å². The summed E-state index contributed by atoms with van der Waals surface area (Å²) in [5.41, 5.74) is 3.56. The Morgan fingerprint density at radius 1 is 0.964 bits per heavy atom. The summed E-state index contributed by atoms with van der Waals surface area (Å²) in [6, 6.07) is 14.1. The van der Waals surface area contributed by atoms with E-state index in [9.17, 15) is 4.79 Å². The number of anilines is 1. The second-order valence-corrected chi connectivity index (χ2v) is 7.27. The van der Waals surface area contributed by atoms with Crippen molar-refractivity contribution in [1.29, 1.82) is 0 Å². The molecule has 1 fully saturated rings. The van der Waals surface area contributed by atoms with Crippen LogP contribution in [0.2, 0.25) is 0 Å². The summed E-state index contributed by atoms with van der Waals surface area (Å²) in [6.45, 7) is 9.18. The molecule has 1 saturated heterocycles. The van der Waals surface area contributed by atoms with Crippen LogP contribution in [0.3, 0.4) is 0 Å². The molecule has 0 radical (unpaired) electrons. The van der Waals surface area contributed by atoms with Crippen LogP contribution < -0.4 is 14.4 Å². The molecule has 0 saturated carbocycles. The van der Waals surface area contributed by atoms with Gasteiger partial charge in [0.05, 0.1) is 7.11 Å². The maximum Gasteiger partial charge on any atom is 0.263 e. The summed E-state index contributed by atoms with van der Waals surface area (Å²) in [5.74, 6) is 1.70. The molecule has 0 N–H and O–H groups in total. The second kappa shape index (κ2) is 9.00. The van der Waals surface area contributed by atoms with Crippen molar-refractivity contribution in [2.24, 2.45) is 0 Å². The first-order valence-electron chi connectivity index (χ1n) is 9.93. The van der Waals surface area contributed by atoms with Crippen LogP contribution in [0.15, 0.2) is 42.5 Å². The first kappa shape index (κ1) is 20.1. The number of carbonyl (C=O) groups excluding carboxylic acids is 1. The third-order valence-electron chi connectivity index (χ3n) is 5.43. The molecule has 2 aromatic carbocycles. The van der Waals surface area contributed by atoms with E-state index in [1.807, 2.05) is 42.2 Å². The molecule has 0 bridgehead atoms. The van der Waals surface area contributed by atoms with Crippen LogP contribution in [0.4, 0.5) is 5.69 Å². The molecular formula is C23H30N2O3. The lowest BCUT2D eigenvalue weighted by Gasteiger charge is -2.37. The van der Waals surface area contributed by atoms with Crippen LogP contribution in [-0.4, -0.2) is 50.2 Å². The zero-order chi connectivity index (χ0) is 20.1. The number of methoxy groups -OCH3 is 1. The van der Waals surface area contributed by atoms with E-state index in [1.165, 1.54) is 11.1 Å². The highest BCUT2D eigenvalue weighted by molar-refractivity contribution is 5.81. The van der Waals surface area contributed by atoms with Crippen molar-refractivity contribution in [2.75, 3.05) is 38.2 Å². The van der Waals surface area contributed by atoms with Crippen LogP contribution in [0.1, 0.15) is 24.5 Å². The van der Waals surface area contributed by atoms with Gasteiger partial charge in [-0.25, -0.2) is 0 Å². The Bertz CT molecular complexity index is 796. The van der Waals surface area contributed by atoms with Crippen LogP contribution in [0.5, 0.6) is 11.5 Å². The Morgan fingerprint density at radius 3 is 2.18 bits per heavy atom. The molecule has 0 aromatic heterocycles. The van der Waals surface area contributed by atoms with E-state index < -0.39 is 6.10 Å². The Hall–Kier alpha value is -2.69. The Balaban J connectivity index is 1.58. The van der Waals surface area contributed by atoms with E-state index >= 15 is 0 Å². The third-order valence-corrected chi connectivity index (χ3v) is 5.43. The second-order valence-electron chi connectivity index (χ2n) is 7.27. The largest absolute Gasteiger partial charge is 0.497 e. The standard InChI is InChI=1S/C23H30N2O3/c1-5-22(28-21-9-6-17(2)18(3)16-21)23(26)25-14-12-24(13-15-25)19-7-10-20(27-4)11-8-19/h6-11,16,22H,5,12-15H2,1-4H3/t22-/m1/s1. The van der Waals surface area contributed by atoms with Crippen molar-refractivity contribution >= 4 is 11.6 Å². The molecule has 5 heteroatoms. The fourth-order valence-electron chi connectivity index (χ4n) is 3.44. The lowest BCUT2D eigenvalue weighted by molar-refractivity contribution is -0.139. The Labute approximate surface area is 167 Å². The molecule has 5 nitrogen and oxygen atoms in total. The normalized spacial score (nSPS) is 15.3. The van der Waals surface area contributed by atoms with Gasteiger partial charge in [0, 0.05) is 31.9 Å². The van der Waals surface area contributed by atoms with Gasteiger partial charge < -0.3 is 19.3 Å². The van der Waals surface area contributed by atoms with Gasteiger partial charge in [0.15, 0.2) is 6.10 Å². The number of carbonyl (C=O) groups is 1. The molecular weight excluding hydrogens is 352 g/mol. The smallest absolute Gasteiger partial charge is 0.263 e. The Morgan fingerprint density at radius 2 is 1.61 bits per heavy atom. The number of ether oxygens (including phenoxy) is 2. The van der Waals surface area contributed by atoms with Crippen molar-refractivity contribution in [2.45, 2.75) is 33.3 Å². The topological polar surface area (TPSA) is 42.0 Å². The average molecular weight is 383 g/mol. The van der Waals surface area contributed by atoms with Crippen LogP contribution in [0.25, 0.3) is 0 Å². The van der Waals surface area contributed by atoms with Crippen LogP contribution in [0, 0.1) is 13.8 Å². The highest BCUT2D eigenvalue weighted by Gasteiger charge is 2.28. The molecule has 0 spiro atoms. The predicted octanol–water partition coefficient (Wildman–Crippen LogP) is 3.82. The molecule has 1 aliphatic rings. The van der Waals surface area contributed by atoms with Crippen LogP contribution >= 0.6 is 0 Å². The number of nitrogens with zero attached hydrogens (tertiary/aromatic N) is 2. The lowest BCUT2D eigenvalue weighted by Crippen LogP contribution is -2.52. The monoisotopic (exact) mass is 382 g/mol. The van der Waals surface area contributed by atoms with E-state index in [4.69, 9.17) is 9.47 Å². The first-order valence-corrected chi connectivity index (χ1v) is 9.93. The fraction of sp³-hybridized carbons (Fsp3) is 0.435. The molecule has 1 aliphatic heterocycles. The highest BCUT2D eigenvalue weighted by Crippen LogP contribution is 2.22. The molecule has 1 heterocycles. The number of aryl methyl sites for hydroxylation is 2. The summed E-state index contributed by atoms with van der Waals surface area (Å²) < 4.78 is 11.3. The Kier molecular flexibility index (Phi) is 6.45. The van der Waals surface area contributed by atoms with Gasteiger partial charge in [-0.1, -0.05) is 13.0 Å². The van der Waals surface area contributed by atoms with E-state index in [-0.39, 0.29) is 5.91 Å². The first-order chi connectivity index (χ1) is 13.5. The number of piperazine rings is 1. The minimum Gasteiger partial charge on any atom is -0.497 e. The van der Waals surface area contributed by atoms with Crippen LogP contribution in [-0.2, 0) is 4.79 Å². The van der Waals surface area contributed by atoms with Gasteiger partial charge in [0.2, 0.25) is 0 Å². The summed E-state index contributed by atoms with van der Waals surface area (Å²) in [5, 5.41) is 0. The minimum atomic E-state index is -0.436. The van der Waals surface area contributed by atoms with Gasteiger partial charge in [-0.3, -0.25) is 4.79 Å². The number of rotatable bonds is 6. The van der Waals surface area contributed by atoms with Crippen molar-refractivity contribution < 1.29 is 14.3 Å². The minimum absolute atomic E-state index is 0.0788. The number of hydrogen-bond donors (Lipinski definition) is 0. The quantitative estimate of drug-likeness (QED) is 0.762. The summed E-state index contributed by atoms with van der Waals surface area (Å²) in [6.07, 6.45) is 0.222. The zero-order valence-electron chi connectivity index (χ0n) is 17.3. The molecule has 0 unspecified atom stereocenters. The zero-order valence-corrected chi connectivity index (χ0v) is 17.3. The molecule has 28 heavy (non-hydrogen) atoms. The number of benzene rings is 2. The van der Waals surface area contributed by atoms with Gasteiger partial charge in [0.25, 0.3) is 5.91 Å².